The Balaban J connectivity index is 1.41. The first kappa shape index (κ1) is 19.3. The van der Waals surface area contributed by atoms with Gasteiger partial charge in [0.1, 0.15) is 0 Å². The predicted molar refractivity (Wildman–Crippen MR) is 115 cm³/mol. The number of pyridine rings is 1. The van der Waals surface area contributed by atoms with Gasteiger partial charge in [-0.2, -0.15) is 0 Å². The van der Waals surface area contributed by atoms with Crippen molar-refractivity contribution in [2.24, 2.45) is 17.8 Å². The zero-order chi connectivity index (χ0) is 20.2. The predicted octanol–water partition coefficient (Wildman–Crippen LogP) is 3.53. The van der Waals surface area contributed by atoms with E-state index in [0.717, 1.165) is 61.2 Å². The van der Waals surface area contributed by atoms with E-state index >= 15 is 0 Å². The monoisotopic (exact) mass is 395 g/mol. The van der Waals surface area contributed by atoms with Gasteiger partial charge in [-0.1, -0.05) is 12.2 Å². The van der Waals surface area contributed by atoms with Gasteiger partial charge in [0, 0.05) is 30.6 Å². The molecule has 1 heterocycles. The molecule has 4 saturated carbocycles. The third kappa shape index (κ3) is 3.53. The van der Waals surface area contributed by atoms with Gasteiger partial charge in [0.05, 0.1) is 22.5 Å². The number of Topliss-reactive ketones (excluding diaryl/α,β-unsaturated/α-hetero) is 1. The Bertz CT molecular complexity index is 831. The highest BCUT2D eigenvalue weighted by atomic mass is 16.3. The second-order valence-electron chi connectivity index (χ2n) is 10.2. The van der Waals surface area contributed by atoms with Crippen LogP contribution in [-0.4, -0.2) is 53.1 Å². The topological polar surface area (TPSA) is 65.5 Å². The second kappa shape index (κ2) is 7.21. The molecule has 0 amide bonds. The highest BCUT2D eigenvalue weighted by molar-refractivity contribution is 6.03. The zero-order valence-electron chi connectivity index (χ0n) is 17.7. The second-order valence-corrected chi connectivity index (χ2v) is 10.2. The molecule has 2 atom stereocenters. The first-order valence-corrected chi connectivity index (χ1v) is 11.3. The first-order chi connectivity index (χ1) is 13.9. The summed E-state index contributed by atoms with van der Waals surface area (Å²) in [4.78, 5) is 19.8. The highest BCUT2D eigenvalue weighted by Gasteiger charge is 2.54. The third-order valence-corrected chi connectivity index (χ3v) is 7.66. The summed E-state index contributed by atoms with van der Waals surface area (Å²) in [5.41, 5.74) is 3.50. The molecular weight excluding hydrogens is 362 g/mol. The molecule has 2 N–H and O–H groups in total. The Labute approximate surface area is 173 Å². The number of nitrogens with one attached hydrogen (secondary N) is 1. The van der Waals surface area contributed by atoms with Crippen molar-refractivity contribution in [3.63, 3.8) is 0 Å². The Kier molecular flexibility index (Phi) is 4.78. The van der Waals surface area contributed by atoms with Gasteiger partial charge in [-0.05, 0) is 76.9 Å². The van der Waals surface area contributed by atoms with Gasteiger partial charge in [0.25, 0.3) is 0 Å². The fourth-order valence-electron chi connectivity index (χ4n) is 6.64. The van der Waals surface area contributed by atoms with E-state index < -0.39 is 5.60 Å². The van der Waals surface area contributed by atoms with E-state index in [0.29, 0.717) is 30.2 Å². The van der Waals surface area contributed by atoms with Crippen molar-refractivity contribution in [1.82, 2.24) is 9.88 Å². The molecule has 156 valence electrons. The number of rotatable bonds is 7. The van der Waals surface area contributed by atoms with Crippen LogP contribution >= 0.6 is 0 Å². The lowest BCUT2D eigenvalue weighted by molar-refractivity contribution is -0.129. The van der Waals surface area contributed by atoms with Crippen LogP contribution in [0.5, 0.6) is 0 Å². The molecule has 1 aromatic heterocycles. The number of aliphatic hydroxyl groups is 1. The van der Waals surface area contributed by atoms with Gasteiger partial charge in [0.15, 0.2) is 5.78 Å². The van der Waals surface area contributed by atoms with Crippen LogP contribution in [-0.2, 0) is 6.42 Å². The van der Waals surface area contributed by atoms with Gasteiger partial charge < -0.3 is 15.3 Å². The first-order valence-electron chi connectivity index (χ1n) is 11.3. The normalized spacial score (nSPS) is 34.1. The molecule has 0 spiro atoms. The number of anilines is 1. The number of carbonyl (C=O) groups is 1. The molecule has 5 aliphatic rings. The Hall–Kier alpha value is -1.72. The molecule has 4 fully saturated rings. The Morgan fingerprint density at radius 1 is 1.28 bits per heavy atom. The Morgan fingerprint density at radius 2 is 2.03 bits per heavy atom. The van der Waals surface area contributed by atoms with Crippen LogP contribution in [0, 0.1) is 17.8 Å². The summed E-state index contributed by atoms with van der Waals surface area (Å²) >= 11 is 0. The van der Waals surface area contributed by atoms with Gasteiger partial charge in [-0.25, -0.2) is 0 Å². The van der Waals surface area contributed by atoms with Gasteiger partial charge >= 0.3 is 0 Å². The summed E-state index contributed by atoms with van der Waals surface area (Å²) in [7, 11) is 4.08. The molecule has 0 aromatic carbocycles. The van der Waals surface area contributed by atoms with Gasteiger partial charge in [0.2, 0.25) is 0 Å². The third-order valence-electron chi connectivity index (χ3n) is 7.66. The fourth-order valence-corrected chi connectivity index (χ4v) is 6.64. The quantitative estimate of drug-likeness (QED) is 0.692. The molecule has 5 nitrogen and oxygen atoms in total. The molecule has 1 aromatic rings. The number of nitrogens with zero attached hydrogens (tertiary/aromatic N) is 2. The van der Waals surface area contributed by atoms with Crippen LogP contribution in [0.15, 0.2) is 12.3 Å². The molecule has 0 radical (unpaired) electrons. The SMILES string of the molecule is CN(C)CCCC(=O)c1cnc2c(c1NC1C3CC4CC1CC(O)(C4)C3)C=CC2. The summed E-state index contributed by atoms with van der Waals surface area (Å²) < 4.78 is 0. The van der Waals surface area contributed by atoms with Crippen molar-refractivity contribution in [3.05, 3.63) is 29.1 Å². The number of ketones is 1. The Morgan fingerprint density at radius 3 is 2.72 bits per heavy atom. The summed E-state index contributed by atoms with van der Waals surface area (Å²) in [5.74, 6) is 1.90. The fraction of sp³-hybridized carbons (Fsp3) is 0.667. The maximum absolute atomic E-state index is 13.1. The number of aromatic nitrogens is 1. The summed E-state index contributed by atoms with van der Waals surface area (Å²) in [6.45, 7) is 0.916. The van der Waals surface area contributed by atoms with E-state index in [-0.39, 0.29) is 5.78 Å². The molecule has 5 heteroatoms. The molecule has 0 saturated heterocycles. The summed E-state index contributed by atoms with van der Waals surface area (Å²) in [6, 6.07) is 0.362. The van der Waals surface area contributed by atoms with Crippen molar-refractivity contribution in [1.29, 1.82) is 0 Å². The molecule has 6 rings (SSSR count). The smallest absolute Gasteiger partial charge is 0.166 e. The van der Waals surface area contributed by atoms with Crippen molar-refractivity contribution >= 4 is 17.5 Å². The number of carbonyl (C=O) groups excluding carboxylic acids is 1. The van der Waals surface area contributed by atoms with Crippen molar-refractivity contribution in [3.8, 4) is 0 Å². The number of fused-ring (bicyclic) bond motifs is 1. The maximum atomic E-state index is 13.1. The minimum atomic E-state index is -0.431. The van der Waals surface area contributed by atoms with Crippen LogP contribution in [0.2, 0.25) is 0 Å². The molecule has 2 unspecified atom stereocenters. The van der Waals surface area contributed by atoms with Crippen LogP contribution < -0.4 is 5.32 Å². The van der Waals surface area contributed by atoms with E-state index in [1.54, 1.807) is 6.20 Å². The van der Waals surface area contributed by atoms with E-state index in [1.165, 1.54) is 12.8 Å². The molecule has 0 aliphatic heterocycles. The van der Waals surface area contributed by atoms with Crippen LogP contribution in [0.3, 0.4) is 0 Å². The largest absolute Gasteiger partial charge is 0.390 e. The lowest BCUT2D eigenvalue weighted by Crippen LogP contribution is -2.59. The van der Waals surface area contributed by atoms with Crippen molar-refractivity contribution in [2.75, 3.05) is 26.0 Å². The molecule has 5 aliphatic carbocycles. The minimum Gasteiger partial charge on any atom is -0.390 e. The molecular formula is C24H33N3O2. The maximum Gasteiger partial charge on any atom is 0.166 e. The lowest BCUT2D eigenvalue weighted by atomic mass is 9.52. The van der Waals surface area contributed by atoms with Crippen LogP contribution in [0.1, 0.15) is 66.6 Å². The standard InChI is InChI=1S/C24H33N3O2/c1-27(2)8-4-7-21(28)19-14-25-20-6-3-5-18(20)23(19)26-22-16-9-15-10-17(22)13-24(29,11-15)12-16/h3,5,14-17,22,29H,4,6-13H2,1-2H3,(H,25,26). The highest BCUT2D eigenvalue weighted by Crippen LogP contribution is 2.56. The van der Waals surface area contributed by atoms with Crippen molar-refractivity contribution in [2.45, 2.75) is 63.0 Å². The lowest BCUT2D eigenvalue weighted by Gasteiger charge is -2.58. The van der Waals surface area contributed by atoms with Gasteiger partial charge in [-0.3, -0.25) is 9.78 Å². The minimum absolute atomic E-state index is 0.187. The average Bonchev–Trinajstić information content (AvgIpc) is 3.12. The van der Waals surface area contributed by atoms with E-state index in [1.807, 2.05) is 14.1 Å². The summed E-state index contributed by atoms with van der Waals surface area (Å²) in [5, 5.41) is 14.8. The van der Waals surface area contributed by atoms with Gasteiger partial charge in [-0.15, -0.1) is 0 Å². The van der Waals surface area contributed by atoms with E-state index in [2.05, 4.69) is 27.4 Å². The van der Waals surface area contributed by atoms with Crippen LogP contribution in [0.25, 0.3) is 6.08 Å². The van der Waals surface area contributed by atoms with E-state index in [4.69, 9.17) is 0 Å². The zero-order valence-corrected chi connectivity index (χ0v) is 17.7. The van der Waals surface area contributed by atoms with Crippen LogP contribution in [0.4, 0.5) is 5.69 Å². The number of hydrogen-bond acceptors (Lipinski definition) is 5. The molecule has 4 bridgehead atoms. The number of allylic oxidation sites excluding steroid dienone is 1. The number of hydrogen-bond donors (Lipinski definition) is 2. The average molecular weight is 396 g/mol. The van der Waals surface area contributed by atoms with E-state index in [9.17, 15) is 9.90 Å². The molecule has 29 heavy (non-hydrogen) atoms. The summed E-state index contributed by atoms with van der Waals surface area (Å²) in [6.07, 6.45) is 13.6. The van der Waals surface area contributed by atoms with Crippen molar-refractivity contribution < 1.29 is 9.90 Å².